The number of anilines is 2. The first-order valence-corrected chi connectivity index (χ1v) is 12.3. The van der Waals surface area contributed by atoms with Crippen molar-refractivity contribution in [3.63, 3.8) is 0 Å². The van der Waals surface area contributed by atoms with Crippen LogP contribution in [0, 0.1) is 11.3 Å². The van der Waals surface area contributed by atoms with E-state index < -0.39 is 5.54 Å². The first kappa shape index (κ1) is 22.6. The van der Waals surface area contributed by atoms with Crippen molar-refractivity contribution in [3.8, 4) is 6.07 Å². The van der Waals surface area contributed by atoms with Crippen LogP contribution in [0.3, 0.4) is 0 Å². The van der Waals surface area contributed by atoms with Crippen LogP contribution >= 0.6 is 0 Å². The Labute approximate surface area is 200 Å². The summed E-state index contributed by atoms with van der Waals surface area (Å²) in [5.74, 6) is -0.0220. The Balaban J connectivity index is 1.27. The maximum absolute atomic E-state index is 13.7. The van der Waals surface area contributed by atoms with Crippen molar-refractivity contribution < 1.29 is 9.59 Å². The highest BCUT2D eigenvalue weighted by Crippen LogP contribution is 2.45. The fraction of sp³-hybridized carbons (Fsp3) is 0.444. The van der Waals surface area contributed by atoms with Crippen molar-refractivity contribution in [1.29, 1.82) is 5.26 Å². The normalized spacial score (nSPS) is 20.4. The van der Waals surface area contributed by atoms with Crippen LogP contribution in [0.15, 0.2) is 48.5 Å². The van der Waals surface area contributed by atoms with Gasteiger partial charge in [-0.3, -0.25) is 24.3 Å². The highest BCUT2D eigenvalue weighted by molar-refractivity contribution is 6.15. The Morgan fingerprint density at radius 1 is 0.941 bits per heavy atom. The second-order valence-corrected chi connectivity index (χ2v) is 9.65. The molecule has 2 aliphatic heterocycles. The largest absolute Gasteiger partial charge is 0.322 e. The van der Waals surface area contributed by atoms with Crippen LogP contribution in [0.1, 0.15) is 43.2 Å². The zero-order chi connectivity index (χ0) is 23.5. The van der Waals surface area contributed by atoms with Gasteiger partial charge in [-0.15, -0.1) is 0 Å². The highest BCUT2D eigenvalue weighted by Gasteiger charge is 2.52. The lowest BCUT2D eigenvalue weighted by Gasteiger charge is -2.45. The average Bonchev–Trinajstić information content (AvgIpc) is 3.23. The summed E-state index contributed by atoms with van der Waals surface area (Å²) < 4.78 is 0. The molecule has 0 unspecified atom stereocenters. The standard InChI is InChI=1S/C27H31N5O2/c28-18-21-8-10-22(11-9-21)19-30-14-5-15-31(17-16-30)20-25(33)32-24-7-2-1-6-23(24)29-26(34)27(32)12-3-4-13-27/h1-2,6-11H,3-5,12-17,19-20H2,(H,29,34). The van der Waals surface area contributed by atoms with E-state index in [2.05, 4.69) is 21.2 Å². The van der Waals surface area contributed by atoms with Crippen molar-refractivity contribution in [1.82, 2.24) is 9.80 Å². The molecule has 0 aromatic heterocycles. The van der Waals surface area contributed by atoms with Gasteiger partial charge in [-0.1, -0.05) is 37.1 Å². The van der Waals surface area contributed by atoms with Crippen LogP contribution < -0.4 is 10.2 Å². The fourth-order valence-corrected chi connectivity index (χ4v) is 5.67. The van der Waals surface area contributed by atoms with Crippen LogP contribution in [-0.2, 0) is 16.1 Å². The van der Waals surface area contributed by atoms with Gasteiger partial charge < -0.3 is 5.32 Å². The minimum Gasteiger partial charge on any atom is -0.322 e. The molecule has 1 saturated heterocycles. The number of nitriles is 1. The van der Waals surface area contributed by atoms with Gasteiger partial charge >= 0.3 is 0 Å². The van der Waals surface area contributed by atoms with Gasteiger partial charge in [-0.2, -0.15) is 5.26 Å². The molecule has 1 N–H and O–H groups in total. The number of amides is 2. The molecule has 2 aromatic rings. The summed E-state index contributed by atoms with van der Waals surface area (Å²) in [6, 6.07) is 17.6. The topological polar surface area (TPSA) is 79.7 Å². The molecule has 5 rings (SSSR count). The number of carbonyl (C=O) groups is 2. The predicted molar refractivity (Wildman–Crippen MR) is 131 cm³/mol. The number of carbonyl (C=O) groups excluding carboxylic acids is 2. The van der Waals surface area contributed by atoms with Gasteiger partial charge in [0.2, 0.25) is 5.91 Å². The molecule has 1 aliphatic carbocycles. The third kappa shape index (κ3) is 4.31. The van der Waals surface area contributed by atoms with E-state index in [1.54, 1.807) is 0 Å². The quantitative estimate of drug-likeness (QED) is 0.762. The minimum atomic E-state index is -0.751. The van der Waals surface area contributed by atoms with E-state index in [1.165, 1.54) is 5.56 Å². The summed E-state index contributed by atoms with van der Waals surface area (Å²) >= 11 is 0. The molecule has 3 aliphatic rings. The molecule has 7 nitrogen and oxygen atoms in total. The molecule has 2 amide bonds. The second-order valence-electron chi connectivity index (χ2n) is 9.65. The maximum Gasteiger partial charge on any atom is 0.250 e. The number of hydrogen-bond donors (Lipinski definition) is 1. The molecule has 0 atom stereocenters. The smallest absolute Gasteiger partial charge is 0.250 e. The molecule has 7 heteroatoms. The van der Waals surface area contributed by atoms with Crippen LogP contribution in [0.4, 0.5) is 11.4 Å². The van der Waals surface area contributed by atoms with Gasteiger partial charge in [0.25, 0.3) is 5.91 Å². The Bertz CT molecular complexity index is 1100. The van der Waals surface area contributed by atoms with E-state index in [-0.39, 0.29) is 11.8 Å². The van der Waals surface area contributed by atoms with E-state index in [9.17, 15) is 9.59 Å². The maximum atomic E-state index is 13.7. The molecule has 0 bridgehead atoms. The first-order chi connectivity index (χ1) is 16.6. The summed E-state index contributed by atoms with van der Waals surface area (Å²) in [7, 11) is 0. The summed E-state index contributed by atoms with van der Waals surface area (Å²) in [4.78, 5) is 33.4. The average molecular weight is 458 g/mol. The summed E-state index contributed by atoms with van der Waals surface area (Å²) in [5, 5.41) is 12.1. The number of para-hydroxylation sites is 2. The van der Waals surface area contributed by atoms with E-state index >= 15 is 0 Å². The van der Waals surface area contributed by atoms with Gasteiger partial charge in [0.05, 0.1) is 29.6 Å². The molecule has 2 fully saturated rings. The Hall–Kier alpha value is -3.21. The molecule has 34 heavy (non-hydrogen) atoms. The van der Waals surface area contributed by atoms with Crippen LogP contribution in [-0.4, -0.2) is 59.9 Å². The molecule has 1 saturated carbocycles. The predicted octanol–water partition coefficient (Wildman–Crippen LogP) is 3.36. The van der Waals surface area contributed by atoms with Crippen molar-refractivity contribution in [3.05, 3.63) is 59.7 Å². The number of nitrogens with one attached hydrogen (secondary N) is 1. The molecule has 0 radical (unpaired) electrons. The summed E-state index contributed by atoms with van der Waals surface area (Å²) in [5.41, 5.74) is 2.67. The Morgan fingerprint density at radius 3 is 2.41 bits per heavy atom. The van der Waals surface area contributed by atoms with Gasteiger partial charge in [-0.05, 0) is 62.2 Å². The number of hydrogen-bond acceptors (Lipinski definition) is 5. The third-order valence-corrected chi connectivity index (χ3v) is 7.45. The van der Waals surface area contributed by atoms with Crippen molar-refractivity contribution >= 4 is 23.2 Å². The van der Waals surface area contributed by atoms with Crippen molar-refractivity contribution in [2.24, 2.45) is 0 Å². The summed E-state index contributed by atoms with van der Waals surface area (Å²) in [6.45, 7) is 4.71. The van der Waals surface area contributed by atoms with E-state index in [0.29, 0.717) is 12.1 Å². The molecule has 176 valence electrons. The van der Waals surface area contributed by atoms with Crippen LogP contribution in [0.2, 0.25) is 0 Å². The lowest BCUT2D eigenvalue weighted by molar-refractivity contribution is -0.128. The number of benzene rings is 2. The molecular weight excluding hydrogens is 426 g/mol. The molecule has 1 spiro atoms. The van der Waals surface area contributed by atoms with Crippen molar-refractivity contribution in [2.75, 3.05) is 42.9 Å². The monoisotopic (exact) mass is 457 g/mol. The summed E-state index contributed by atoms with van der Waals surface area (Å²) in [6.07, 6.45) is 4.36. The second kappa shape index (κ2) is 9.57. The molecular formula is C27H31N5O2. The molecule has 2 aromatic carbocycles. The lowest BCUT2D eigenvalue weighted by atomic mass is 9.89. The number of rotatable bonds is 4. The van der Waals surface area contributed by atoms with Gasteiger partial charge in [0, 0.05) is 19.6 Å². The van der Waals surface area contributed by atoms with E-state index in [4.69, 9.17) is 5.26 Å². The minimum absolute atomic E-state index is 0.0183. The number of nitrogens with zero attached hydrogens (tertiary/aromatic N) is 4. The SMILES string of the molecule is N#Cc1ccc(CN2CCCN(CC(=O)N3c4ccccc4NC(=O)C34CCCC4)CC2)cc1. The van der Waals surface area contributed by atoms with E-state index in [1.807, 2.05) is 53.4 Å². The van der Waals surface area contributed by atoms with E-state index in [0.717, 1.165) is 76.2 Å². The van der Waals surface area contributed by atoms with Crippen LogP contribution in [0.25, 0.3) is 0 Å². The van der Waals surface area contributed by atoms with Crippen LogP contribution in [0.5, 0.6) is 0 Å². The van der Waals surface area contributed by atoms with Gasteiger partial charge in [-0.25, -0.2) is 0 Å². The third-order valence-electron chi connectivity index (χ3n) is 7.45. The fourth-order valence-electron chi connectivity index (χ4n) is 5.67. The lowest BCUT2D eigenvalue weighted by Crippen LogP contribution is -2.62. The zero-order valence-corrected chi connectivity index (χ0v) is 19.5. The zero-order valence-electron chi connectivity index (χ0n) is 19.5. The molecule has 2 heterocycles. The van der Waals surface area contributed by atoms with Gasteiger partial charge in [0.15, 0.2) is 0 Å². The van der Waals surface area contributed by atoms with Gasteiger partial charge in [0.1, 0.15) is 5.54 Å². The first-order valence-electron chi connectivity index (χ1n) is 12.3. The Kier molecular flexibility index (Phi) is 6.36. The van der Waals surface area contributed by atoms with Crippen molar-refractivity contribution in [2.45, 2.75) is 44.2 Å². The highest BCUT2D eigenvalue weighted by atomic mass is 16.2. The Morgan fingerprint density at radius 2 is 1.65 bits per heavy atom. The number of fused-ring (bicyclic) bond motifs is 1.